The van der Waals surface area contributed by atoms with Crippen molar-refractivity contribution in [3.63, 3.8) is 0 Å². The number of rotatable bonds is 13. The van der Waals surface area contributed by atoms with Gasteiger partial charge in [-0.1, -0.05) is 30.7 Å². The fourth-order valence-electron chi connectivity index (χ4n) is 4.02. The van der Waals surface area contributed by atoms with E-state index in [1.807, 2.05) is 20.8 Å². The van der Waals surface area contributed by atoms with Crippen LogP contribution in [0.4, 0.5) is 10.1 Å². The number of carbonyl (C=O) groups is 2. The van der Waals surface area contributed by atoms with Crippen LogP contribution in [0.25, 0.3) is 0 Å². The fourth-order valence-corrected chi connectivity index (χ4v) is 5.65. The van der Waals surface area contributed by atoms with E-state index in [9.17, 15) is 22.4 Å². The first-order valence-electron chi connectivity index (χ1n) is 13.3. The van der Waals surface area contributed by atoms with Crippen LogP contribution in [0.1, 0.15) is 39.7 Å². The van der Waals surface area contributed by atoms with E-state index in [-0.39, 0.29) is 29.1 Å². The zero-order valence-electron chi connectivity index (χ0n) is 23.5. The summed E-state index contributed by atoms with van der Waals surface area (Å²) in [5.41, 5.74) is 0.869. The van der Waals surface area contributed by atoms with Crippen molar-refractivity contribution in [3.8, 4) is 5.75 Å². The highest BCUT2D eigenvalue weighted by Gasteiger charge is 2.33. The number of hydrogen-bond donors (Lipinski definition) is 1. The molecule has 1 N–H and O–H groups in total. The second-order valence-electron chi connectivity index (χ2n) is 9.54. The molecular formula is C30H35ClFN3O5S. The quantitative estimate of drug-likeness (QED) is 0.282. The normalized spacial score (nSPS) is 12.7. The number of anilines is 1. The molecule has 0 bridgehead atoms. The molecule has 0 saturated carbocycles. The number of amides is 2. The minimum Gasteiger partial charge on any atom is -0.494 e. The fraction of sp³-hybridized carbons (Fsp3) is 0.333. The molecule has 0 aliphatic carbocycles. The van der Waals surface area contributed by atoms with Crippen LogP contribution in [0, 0.1) is 5.82 Å². The summed E-state index contributed by atoms with van der Waals surface area (Å²) in [6.07, 6.45) is 0.697. The molecule has 0 unspecified atom stereocenters. The largest absolute Gasteiger partial charge is 0.494 e. The van der Waals surface area contributed by atoms with E-state index < -0.39 is 34.3 Å². The average molecular weight is 604 g/mol. The average Bonchev–Trinajstić information content (AvgIpc) is 2.95. The predicted molar refractivity (Wildman–Crippen MR) is 158 cm³/mol. The Kier molecular flexibility index (Phi) is 11.1. The molecule has 41 heavy (non-hydrogen) atoms. The van der Waals surface area contributed by atoms with Crippen molar-refractivity contribution >= 4 is 39.1 Å². The van der Waals surface area contributed by atoms with Gasteiger partial charge in [-0.05, 0) is 93.4 Å². The van der Waals surface area contributed by atoms with Crippen molar-refractivity contribution in [1.82, 2.24) is 10.2 Å². The molecule has 0 saturated heterocycles. The second-order valence-corrected chi connectivity index (χ2v) is 11.8. The van der Waals surface area contributed by atoms with Gasteiger partial charge < -0.3 is 15.0 Å². The zero-order valence-corrected chi connectivity index (χ0v) is 25.1. The SMILES string of the molecule is CCOc1ccc(N(CC(=O)N(Cc2cccc(Cl)c2)[C@@H](C)C(=O)N[C@@H](C)CC)S(=O)(=O)c2ccc(F)cc2)cc1. The molecule has 0 aliphatic rings. The van der Waals surface area contributed by atoms with Crippen LogP contribution in [-0.4, -0.2) is 50.4 Å². The minimum absolute atomic E-state index is 0.0161. The number of benzene rings is 3. The Hall–Kier alpha value is -3.63. The van der Waals surface area contributed by atoms with Gasteiger partial charge in [0.15, 0.2) is 0 Å². The lowest BCUT2D eigenvalue weighted by molar-refractivity contribution is -0.139. The Morgan fingerprint density at radius 2 is 1.66 bits per heavy atom. The number of halogens is 2. The van der Waals surface area contributed by atoms with E-state index in [4.69, 9.17) is 16.3 Å². The summed E-state index contributed by atoms with van der Waals surface area (Å²) in [5, 5.41) is 3.35. The van der Waals surface area contributed by atoms with E-state index in [1.165, 1.54) is 17.0 Å². The third-order valence-corrected chi connectivity index (χ3v) is 8.55. The van der Waals surface area contributed by atoms with Crippen LogP contribution in [0.2, 0.25) is 5.02 Å². The van der Waals surface area contributed by atoms with E-state index in [0.717, 1.165) is 28.6 Å². The van der Waals surface area contributed by atoms with Gasteiger partial charge in [0.1, 0.15) is 24.2 Å². The standard InChI is InChI=1S/C30H35ClFN3O5S/c1-5-21(3)33-30(37)22(4)34(19-23-8-7-9-24(31)18-23)29(36)20-35(26-12-14-27(15-13-26)40-6-2)41(38,39)28-16-10-25(32)11-17-28/h7-18,21-22H,5-6,19-20H2,1-4H3,(H,33,37)/t21-,22-/m0/s1. The summed E-state index contributed by atoms with van der Waals surface area (Å²) < 4.78 is 47.7. The molecule has 0 radical (unpaired) electrons. The second kappa shape index (κ2) is 14.3. The molecule has 0 aromatic heterocycles. The summed E-state index contributed by atoms with van der Waals surface area (Å²) in [6, 6.07) is 16.4. The summed E-state index contributed by atoms with van der Waals surface area (Å²) in [5.74, 6) is -1.05. The first-order valence-corrected chi connectivity index (χ1v) is 15.1. The first kappa shape index (κ1) is 31.9. The number of hydrogen-bond acceptors (Lipinski definition) is 5. The number of ether oxygens (including phenoxy) is 1. The molecular weight excluding hydrogens is 569 g/mol. The highest BCUT2D eigenvalue weighted by molar-refractivity contribution is 7.92. The van der Waals surface area contributed by atoms with E-state index in [1.54, 1.807) is 43.3 Å². The van der Waals surface area contributed by atoms with E-state index in [2.05, 4.69) is 5.32 Å². The third kappa shape index (κ3) is 8.43. The van der Waals surface area contributed by atoms with Gasteiger partial charge >= 0.3 is 0 Å². The zero-order chi connectivity index (χ0) is 30.2. The Labute approximate surface area is 246 Å². The number of carbonyl (C=O) groups excluding carboxylic acids is 2. The van der Waals surface area contributed by atoms with Crippen LogP contribution >= 0.6 is 11.6 Å². The molecule has 3 rings (SSSR count). The molecule has 3 aromatic rings. The molecule has 0 aliphatic heterocycles. The van der Waals surface area contributed by atoms with Crippen molar-refractivity contribution in [2.45, 2.75) is 57.6 Å². The van der Waals surface area contributed by atoms with E-state index >= 15 is 0 Å². The Balaban J connectivity index is 2.03. The van der Waals surface area contributed by atoms with Gasteiger partial charge in [0, 0.05) is 17.6 Å². The van der Waals surface area contributed by atoms with Crippen LogP contribution in [0.15, 0.2) is 77.7 Å². The lowest BCUT2D eigenvalue weighted by Gasteiger charge is -2.32. The molecule has 8 nitrogen and oxygen atoms in total. The third-order valence-electron chi connectivity index (χ3n) is 6.53. The molecule has 0 heterocycles. The number of nitrogens with zero attached hydrogens (tertiary/aromatic N) is 2. The maximum absolute atomic E-state index is 13.9. The van der Waals surface area contributed by atoms with Crippen molar-refractivity contribution < 1.29 is 27.1 Å². The summed E-state index contributed by atoms with van der Waals surface area (Å²) in [7, 11) is -4.32. The molecule has 11 heteroatoms. The van der Waals surface area contributed by atoms with Gasteiger partial charge in [-0.25, -0.2) is 12.8 Å². The van der Waals surface area contributed by atoms with Crippen LogP contribution < -0.4 is 14.4 Å². The molecule has 0 fully saturated rings. The predicted octanol–water partition coefficient (Wildman–Crippen LogP) is 5.41. The van der Waals surface area contributed by atoms with Crippen molar-refractivity contribution in [2.75, 3.05) is 17.5 Å². The summed E-state index contributed by atoms with van der Waals surface area (Å²) in [6.45, 7) is 7.03. The van der Waals surface area contributed by atoms with Gasteiger partial charge in [0.05, 0.1) is 17.2 Å². The lowest BCUT2D eigenvalue weighted by atomic mass is 10.1. The van der Waals surface area contributed by atoms with E-state index in [0.29, 0.717) is 29.4 Å². The van der Waals surface area contributed by atoms with Crippen LogP contribution in [0.5, 0.6) is 5.75 Å². The number of sulfonamides is 1. The van der Waals surface area contributed by atoms with Gasteiger partial charge in [0.25, 0.3) is 10.0 Å². The molecule has 2 amide bonds. The first-order chi connectivity index (χ1) is 19.5. The molecule has 2 atom stereocenters. The molecule has 0 spiro atoms. The molecule has 3 aromatic carbocycles. The maximum Gasteiger partial charge on any atom is 0.264 e. The van der Waals surface area contributed by atoms with Crippen molar-refractivity contribution in [1.29, 1.82) is 0 Å². The van der Waals surface area contributed by atoms with Crippen molar-refractivity contribution in [3.05, 3.63) is 89.2 Å². The minimum atomic E-state index is -4.32. The Bertz CT molecular complexity index is 1440. The van der Waals surface area contributed by atoms with Gasteiger partial charge in [-0.3, -0.25) is 13.9 Å². The van der Waals surface area contributed by atoms with Gasteiger partial charge in [0.2, 0.25) is 11.8 Å². The van der Waals surface area contributed by atoms with Crippen LogP contribution in [0.3, 0.4) is 0 Å². The van der Waals surface area contributed by atoms with Crippen LogP contribution in [-0.2, 0) is 26.2 Å². The number of nitrogens with one attached hydrogen (secondary N) is 1. The Morgan fingerprint density at radius 1 is 1.00 bits per heavy atom. The maximum atomic E-state index is 13.9. The smallest absolute Gasteiger partial charge is 0.264 e. The molecule has 220 valence electrons. The highest BCUT2D eigenvalue weighted by Crippen LogP contribution is 2.27. The van der Waals surface area contributed by atoms with Crippen molar-refractivity contribution in [2.24, 2.45) is 0 Å². The monoisotopic (exact) mass is 603 g/mol. The van der Waals surface area contributed by atoms with Gasteiger partial charge in [-0.2, -0.15) is 0 Å². The summed E-state index contributed by atoms with van der Waals surface area (Å²) in [4.78, 5) is 28.2. The topological polar surface area (TPSA) is 96.0 Å². The lowest BCUT2D eigenvalue weighted by Crippen LogP contribution is -2.52. The highest BCUT2D eigenvalue weighted by atomic mass is 35.5. The van der Waals surface area contributed by atoms with Gasteiger partial charge in [-0.15, -0.1) is 0 Å². The Morgan fingerprint density at radius 3 is 2.24 bits per heavy atom. The summed E-state index contributed by atoms with van der Waals surface area (Å²) >= 11 is 6.17.